The maximum absolute atomic E-state index is 10.0. The molecule has 0 spiro atoms. The molecule has 3 aromatic carbocycles. The van der Waals surface area contributed by atoms with Crippen LogP contribution in [0.2, 0.25) is 0 Å². The van der Waals surface area contributed by atoms with Crippen molar-refractivity contribution in [2.24, 2.45) is 0 Å². The third kappa shape index (κ3) is 6.62. The maximum atomic E-state index is 10.0. The number of allylic oxidation sites excluding steroid dienone is 2. The molecule has 0 aliphatic carbocycles. The molecule has 1 radical (unpaired) electrons. The molecule has 0 saturated carbocycles. The summed E-state index contributed by atoms with van der Waals surface area (Å²) in [5, 5.41) is 13.0. The predicted octanol–water partition coefficient (Wildman–Crippen LogP) is 8.14. The molecule has 1 N–H and O–H groups in total. The zero-order chi connectivity index (χ0) is 26.0. The molecule has 0 saturated heterocycles. The quantitative estimate of drug-likeness (QED) is 0.107. The SMILES string of the molecule is CC(=O)/C=C(/C)O.[2H]C(C)(C)c1[c-]c(-c2nccc3c2ccc2ccccc23)cc(C([2H])(C)C)c1.[Ir]. The zero-order valence-corrected chi connectivity index (χ0v) is 22.9. The number of aromatic nitrogens is 1. The summed E-state index contributed by atoms with van der Waals surface area (Å²) in [6.07, 6.45) is 3.00. The number of benzene rings is 3. The molecule has 4 heteroatoms. The van der Waals surface area contributed by atoms with E-state index in [9.17, 15) is 4.79 Å². The smallest absolute Gasteiger partial charge is 0.155 e. The van der Waals surface area contributed by atoms with Crippen molar-refractivity contribution >= 4 is 27.3 Å². The number of aliphatic hydroxyl groups is 1. The first kappa shape index (κ1) is 24.3. The van der Waals surface area contributed by atoms with Gasteiger partial charge in [-0.3, -0.25) is 4.79 Å². The summed E-state index contributed by atoms with van der Waals surface area (Å²) in [6, 6.07) is 22.0. The van der Waals surface area contributed by atoms with Gasteiger partial charge in [0, 0.05) is 35.1 Å². The fourth-order valence-electron chi connectivity index (χ4n) is 3.70. The molecule has 0 aliphatic heterocycles. The topological polar surface area (TPSA) is 50.2 Å². The van der Waals surface area contributed by atoms with Gasteiger partial charge in [-0.25, -0.2) is 0 Å². The summed E-state index contributed by atoms with van der Waals surface area (Å²) in [4.78, 5) is 14.7. The number of rotatable bonds is 4. The predicted molar refractivity (Wildman–Crippen MR) is 139 cm³/mol. The van der Waals surface area contributed by atoms with Crippen molar-refractivity contribution in [3.63, 3.8) is 0 Å². The molecule has 1 aromatic heterocycles. The number of pyridine rings is 1. The number of aliphatic hydroxyl groups excluding tert-OH is 1. The maximum Gasteiger partial charge on any atom is 0.155 e. The second-order valence-corrected chi connectivity index (χ2v) is 8.63. The molecule has 0 atom stereocenters. The Morgan fingerprint density at radius 3 is 2.26 bits per heavy atom. The van der Waals surface area contributed by atoms with Crippen LogP contribution in [0.25, 0.3) is 32.8 Å². The van der Waals surface area contributed by atoms with E-state index >= 15 is 0 Å². The Morgan fingerprint density at radius 2 is 1.68 bits per heavy atom. The second kappa shape index (κ2) is 12.1. The summed E-state index contributed by atoms with van der Waals surface area (Å²) < 4.78 is 17.0. The van der Waals surface area contributed by atoms with Crippen LogP contribution in [0.3, 0.4) is 0 Å². The number of fused-ring (bicyclic) bond motifs is 3. The van der Waals surface area contributed by atoms with Crippen LogP contribution >= 0.6 is 0 Å². The van der Waals surface area contributed by atoms with Gasteiger partial charge in [0.2, 0.25) is 0 Å². The van der Waals surface area contributed by atoms with Gasteiger partial charge >= 0.3 is 0 Å². The minimum absolute atomic E-state index is 0. The third-order valence-electron chi connectivity index (χ3n) is 5.32. The molecule has 0 unspecified atom stereocenters. The molecule has 0 amide bonds. The second-order valence-electron chi connectivity index (χ2n) is 8.63. The summed E-state index contributed by atoms with van der Waals surface area (Å²) in [5.41, 5.74) is 3.34. The summed E-state index contributed by atoms with van der Waals surface area (Å²) in [6.45, 7) is 10.3. The fourth-order valence-corrected chi connectivity index (χ4v) is 3.70. The van der Waals surface area contributed by atoms with Gasteiger partial charge in [0.15, 0.2) is 5.78 Å². The summed E-state index contributed by atoms with van der Waals surface area (Å²) in [7, 11) is 0. The van der Waals surface area contributed by atoms with Gasteiger partial charge in [-0.15, -0.1) is 34.9 Å². The van der Waals surface area contributed by atoms with Crippen molar-refractivity contribution in [3.05, 3.63) is 89.8 Å². The van der Waals surface area contributed by atoms with Crippen LogP contribution < -0.4 is 0 Å². The Hall–Kier alpha value is -2.81. The van der Waals surface area contributed by atoms with Gasteiger partial charge in [0.25, 0.3) is 0 Å². The summed E-state index contributed by atoms with van der Waals surface area (Å²) in [5.74, 6) is -1.62. The zero-order valence-electron chi connectivity index (χ0n) is 22.5. The average molecular weight is 633 g/mol. The molecule has 3 nitrogen and oxygen atoms in total. The minimum atomic E-state index is -0.798. The van der Waals surface area contributed by atoms with Crippen LogP contribution in [0.1, 0.15) is 67.2 Å². The van der Waals surface area contributed by atoms with Gasteiger partial charge < -0.3 is 10.1 Å². The normalized spacial score (nSPS) is 12.8. The molecule has 34 heavy (non-hydrogen) atoms. The Balaban J connectivity index is 0.000000503. The Labute approximate surface area is 219 Å². The number of ketones is 1. The van der Waals surface area contributed by atoms with Crippen molar-refractivity contribution in [2.45, 2.75) is 53.3 Å². The number of hydrogen-bond acceptors (Lipinski definition) is 3. The molecule has 1 heterocycles. The van der Waals surface area contributed by atoms with Crippen LogP contribution in [0, 0.1) is 6.07 Å². The molecular weight excluding hydrogens is 599 g/mol. The molecule has 0 bridgehead atoms. The van der Waals surface area contributed by atoms with E-state index in [0.29, 0.717) is 0 Å². The monoisotopic (exact) mass is 633 g/mol. The molecule has 179 valence electrons. The van der Waals surface area contributed by atoms with E-state index in [2.05, 4.69) is 47.4 Å². The van der Waals surface area contributed by atoms with E-state index in [-0.39, 0.29) is 31.6 Å². The van der Waals surface area contributed by atoms with E-state index in [4.69, 9.17) is 7.85 Å². The van der Waals surface area contributed by atoms with Crippen molar-refractivity contribution in [1.82, 2.24) is 4.98 Å². The van der Waals surface area contributed by atoms with Crippen LogP contribution in [0.15, 0.2) is 72.6 Å². The third-order valence-corrected chi connectivity index (χ3v) is 5.32. The van der Waals surface area contributed by atoms with Gasteiger partial charge in [-0.05, 0) is 58.9 Å². The average Bonchev–Trinajstić information content (AvgIpc) is 2.76. The first-order valence-electron chi connectivity index (χ1n) is 12.0. The number of carbonyl (C=O) groups is 1. The first-order valence-corrected chi connectivity index (χ1v) is 11.0. The van der Waals surface area contributed by atoms with Gasteiger partial charge in [0.1, 0.15) is 0 Å². The van der Waals surface area contributed by atoms with Crippen LogP contribution in [-0.4, -0.2) is 15.9 Å². The Morgan fingerprint density at radius 1 is 0.971 bits per heavy atom. The number of hydrogen-bond donors (Lipinski definition) is 1. The summed E-state index contributed by atoms with van der Waals surface area (Å²) >= 11 is 0. The molecule has 4 aromatic rings. The van der Waals surface area contributed by atoms with Crippen LogP contribution in [0.5, 0.6) is 0 Å². The van der Waals surface area contributed by atoms with E-state index in [0.717, 1.165) is 33.2 Å². The Kier molecular flexibility index (Phi) is 8.62. The van der Waals surface area contributed by atoms with Crippen molar-refractivity contribution in [1.29, 1.82) is 0 Å². The van der Waals surface area contributed by atoms with Crippen molar-refractivity contribution in [2.75, 3.05) is 0 Å². The van der Waals surface area contributed by atoms with E-state index in [1.807, 2.05) is 52.1 Å². The standard InChI is InChI=1S/C25H24N.C5H8O2.Ir/c1-16(2)19-13-20(17(3)4)15-21(14-19)25-24-10-9-18-7-5-6-8-22(18)23(24)11-12-26-25;1-4(6)3-5(2)7;/h5-14,16-17H,1-4H3;3,6H,1-2H3;/q-1;;/b;4-3-;/i16D,17D;;. The molecule has 0 aliphatic rings. The van der Waals surface area contributed by atoms with Gasteiger partial charge in [0.05, 0.1) is 5.76 Å². The van der Waals surface area contributed by atoms with E-state index in [1.54, 1.807) is 0 Å². The molecule has 0 fully saturated rings. The van der Waals surface area contributed by atoms with Crippen molar-refractivity contribution < 1.29 is 32.7 Å². The van der Waals surface area contributed by atoms with E-state index in [1.165, 1.54) is 30.7 Å². The van der Waals surface area contributed by atoms with Crippen molar-refractivity contribution in [3.8, 4) is 11.3 Å². The molecular formula is C30H32IrNO2-. The van der Waals surface area contributed by atoms with Gasteiger partial charge in [-0.1, -0.05) is 64.1 Å². The largest absolute Gasteiger partial charge is 0.512 e. The van der Waals surface area contributed by atoms with Crippen LogP contribution in [-0.2, 0) is 24.9 Å². The number of nitrogens with zero attached hydrogens (tertiary/aromatic N) is 1. The Bertz CT molecular complexity index is 1380. The number of carbonyl (C=O) groups excluding carboxylic acids is 1. The van der Waals surface area contributed by atoms with Gasteiger partial charge in [-0.2, -0.15) is 0 Å². The fraction of sp³-hybridized carbons (Fsp3) is 0.267. The van der Waals surface area contributed by atoms with E-state index < -0.39 is 11.8 Å². The van der Waals surface area contributed by atoms with Crippen LogP contribution in [0.4, 0.5) is 0 Å². The minimum Gasteiger partial charge on any atom is -0.512 e. The molecule has 4 rings (SSSR count). The first-order chi connectivity index (χ1) is 16.3.